The number of nitrogens with zero attached hydrogens (tertiary/aromatic N) is 2. The van der Waals surface area contributed by atoms with Gasteiger partial charge in [-0.15, -0.1) is 0 Å². The van der Waals surface area contributed by atoms with Gasteiger partial charge in [-0.2, -0.15) is 0 Å². The summed E-state index contributed by atoms with van der Waals surface area (Å²) in [6.07, 6.45) is -0.149. The van der Waals surface area contributed by atoms with Crippen molar-refractivity contribution in [3.63, 3.8) is 0 Å². The Morgan fingerprint density at radius 2 is 2.18 bits per heavy atom. The molecule has 0 bridgehead atoms. The first-order valence-electron chi connectivity index (χ1n) is 7.09. The number of likely N-dealkylation sites (N-methyl/N-ethyl adjacent to an activating group) is 1. The summed E-state index contributed by atoms with van der Waals surface area (Å²) in [7, 11) is 1.79. The van der Waals surface area contributed by atoms with Crippen molar-refractivity contribution in [2.24, 2.45) is 5.73 Å². The third-order valence-corrected chi connectivity index (χ3v) is 3.80. The first-order chi connectivity index (χ1) is 10.5. The largest absolute Gasteiger partial charge is 0.373 e. The van der Waals surface area contributed by atoms with Crippen LogP contribution in [0.25, 0.3) is 0 Å². The molecule has 1 aliphatic rings. The van der Waals surface area contributed by atoms with E-state index in [9.17, 15) is 9.59 Å². The molecule has 120 valence electrons. The highest BCUT2D eigenvalue weighted by Gasteiger charge is 2.26. The first kappa shape index (κ1) is 16.7. The molecular weight excluding hydrogens is 306 g/mol. The third kappa shape index (κ3) is 4.43. The maximum Gasteiger partial charge on any atom is 0.255 e. The van der Waals surface area contributed by atoms with E-state index in [1.165, 1.54) is 0 Å². The zero-order valence-corrected chi connectivity index (χ0v) is 13.3. The molecule has 22 heavy (non-hydrogen) atoms. The lowest BCUT2D eigenvalue weighted by Crippen LogP contribution is -2.50. The van der Waals surface area contributed by atoms with Crippen molar-refractivity contribution in [2.45, 2.75) is 6.10 Å². The van der Waals surface area contributed by atoms with Crippen LogP contribution in [0.15, 0.2) is 24.3 Å². The maximum absolute atomic E-state index is 12.5. The van der Waals surface area contributed by atoms with Crippen LogP contribution in [-0.2, 0) is 9.53 Å². The van der Waals surface area contributed by atoms with Crippen molar-refractivity contribution in [2.75, 3.05) is 39.8 Å². The Morgan fingerprint density at radius 3 is 2.86 bits per heavy atom. The highest BCUT2D eigenvalue weighted by molar-refractivity contribution is 6.33. The fraction of sp³-hybridized carbons (Fsp3) is 0.467. The average molecular weight is 326 g/mol. The predicted octanol–water partition coefficient (Wildman–Crippen LogP) is 0.598. The molecule has 1 aliphatic heterocycles. The van der Waals surface area contributed by atoms with Crippen LogP contribution < -0.4 is 5.73 Å². The van der Waals surface area contributed by atoms with Crippen LogP contribution in [0.2, 0.25) is 5.02 Å². The van der Waals surface area contributed by atoms with Crippen molar-refractivity contribution in [3.8, 4) is 0 Å². The molecule has 0 spiro atoms. The number of nitrogens with two attached hydrogens (primary N) is 1. The lowest BCUT2D eigenvalue weighted by Gasteiger charge is -2.34. The lowest BCUT2D eigenvalue weighted by molar-refractivity contribution is -0.119. The van der Waals surface area contributed by atoms with Gasteiger partial charge in [0.2, 0.25) is 5.91 Å². The van der Waals surface area contributed by atoms with Gasteiger partial charge in [0.25, 0.3) is 5.91 Å². The van der Waals surface area contributed by atoms with Crippen molar-refractivity contribution in [1.29, 1.82) is 0 Å². The number of hydrogen-bond donors (Lipinski definition) is 1. The van der Waals surface area contributed by atoms with Crippen LogP contribution >= 0.6 is 11.6 Å². The smallest absolute Gasteiger partial charge is 0.255 e. The number of halogens is 1. The molecule has 0 aliphatic carbocycles. The van der Waals surface area contributed by atoms with Crippen molar-refractivity contribution < 1.29 is 14.3 Å². The van der Waals surface area contributed by atoms with Crippen molar-refractivity contribution >= 4 is 23.4 Å². The number of ether oxygens (including phenoxy) is 1. The van der Waals surface area contributed by atoms with E-state index in [0.717, 1.165) is 0 Å². The van der Waals surface area contributed by atoms with E-state index in [1.807, 2.05) is 0 Å². The Hall–Kier alpha value is -1.63. The summed E-state index contributed by atoms with van der Waals surface area (Å²) < 4.78 is 5.66. The number of benzene rings is 1. The predicted molar refractivity (Wildman–Crippen MR) is 83.8 cm³/mol. The van der Waals surface area contributed by atoms with Gasteiger partial charge in [0.05, 0.1) is 29.8 Å². The number of carbonyl (C=O) groups is 2. The van der Waals surface area contributed by atoms with Crippen LogP contribution in [0.3, 0.4) is 0 Å². The molecule has 1 aromatic carbocycles. The SMILES string of the molecule is CN(CC(N)=O)C[C@H]1CN(C(=O)c2ccccc2Cl)CCO1. The average Bonchev–Trinajstić information content (AvgIpc) is 2.46. The summed E-state index contributed by atoms with van der Waals surface area (Å²) in [6, 6.07) is 7.00. The number of hydrogen-bond acceptors (Lipinski definition) is 4. The summed E-state index contributed by atoms with van der Waals surface area (Å²) in [5, 5.41) is 0.446. The van der Waals surface area contributed by atoms with Crippen molar-refractivity contribution in [3.05, 3.63) is 34.9 Å². The second-order valence-electron chi connectivity index (χ2n) is 5.39. The van der Waals surface area contributed by atoms with E-state index in [-0.39, 0.29) is 24.5 Å². The van der Waals surface area contributed by atoms with E-state index in [4.69, 9.17) is 22.1 Å². The Labute approximate surface area is 134 Å². The van der Waals surface area contributed by atoms with Gasteiger partial charge in [-0.3, -0.25) is 14.5 Å². The zero-order chi connectivity index (χ0) is 16.1. The molecule has 7 heteroatoms. The lowest BCUT2D eigenvalue weighted by atomic mass is 10.1. The summed E-state index contributed by atoms with van der Waals surface area (Å²) >= 11 is 6.08. The molecule has 2 rings (SSSR count). The molecule has 2 amide bonds. The number of morpholine rings is 1. The van der Waals surface area contributed by atoms with Gasteiger partial charge >= 0.3 is 0 Å². The summed E-state index contributed by atoms with van der Waals surface area (Å²) in [4.78, 5) is 27.0. The van der Waals surface area contributed by atoms with Gasteiger partial charge in [-0.05, 0) is 19.2 Å². The number of rotatable bonds is 5. The highest BCUT2D eigenvalue weighted by atomic mass is 35.5. The Kier molecular flexibility index (Phi) is 5.76. The molecule has 1 fully saturated rings. The fourth-order valence-corrected chi connectivity index (χ4v) is 2.71. The Bertz CT molecular complexity index is 553. The van der Waals surface area contributed by atoms with E-state index in [0.29, 0.717) is 36.8 Å². The molecule has 6 nitrogen and oxygen atoms in total. The standard InChI is InChI=1S/C15H20ClN3O3/c1-18(10-14(17)20)8-11-9-19(6-7-22-11)15(21)12-4-2-3-5-13(12)16/h2-5,11H,6-10H2,1H3,(H2,17,20)/t11-/m0/s1. The number of amides is 2. The Morgan fingerprint density at radius 1 is 1.45 bits per heavy atom. The normalized spacial score (nSPS) is 18.5. The zero-order valence-electron chi connectivity index (χ0n) is 12.5. The summed E-state index contributed by atoms with van der Waals surface area (Å²) in [6.45, 7) is 2.16. The second-order valence-corrected chi connectivity index (χ2v) is 5.79. The number of carbonyl (C=O) groups excluding carboxylic acids is 2. The van der Waals surface area contributed by atoms with Gasteiger partial charge in [0.1, 0.15) is 0 Å². The van der Waals surface area contributed by atoms with Gasteiger partial charge in [0.15, 0.2) is 0 Å². The summed E-state index contributed by atoms with van der Waals surface area (Å²) in [5.41, 5.74) is 5.66. The van der Waals surface area contributed by atoms with Gasteiger partial charge in [-0.1, -0.05) is 23.7 Å². The molecular formula is C15H20ClN3O3. The minimum atomic E-state index is -0.387. The molecule has 1 heterocycles. The fourth-order valence-electron chi connectivity index (χ4n) is 2.50. The summed E-state index contributed by atoms with van der Waals surface area (Å²) in [5.74, 6) is -0.487. The van der Waals surface area contributed by atoms with E-state index >= 15 is 0 Å². The van der Waals surface area contributed by atoms with Crippen LogP contribution in [0.4, 0.5) is 0 Å². The first-order valence-corrected chi connectivity index (χ1v) is 7.47. The van der Waals surface area contributed by atoms with Gasteiger partial charge < -0.3 is 15.4 Å². The Balaban J connectivity index is 1.97. The van der Waals surface area contributed by atoms with Crippen LogP contribution in [0.1, 0.15) is 10.4 Å². The molecule has 1 aromatic rings. The minimum absolute atomic E-state index is 0.101. The molecule has 2 N–H and O–H groups in total. The van der Waals surface area contributed by atoms with E-state index < -0.39 is 0 Å². The molecule has 0 unspecified atom stereocenters. The van der Waals surface area contributed by atoms with E-state index in [1.54, 1.807) is 41.1 Å². The van der Waals surface area contributed by atoms with Crippen LogP contribution in [0, 0.1) is 0 Å². The highest BCUT2D eigenvalue weighted by Crippen LogP contribution is 2.18. The van der Waals surface area contributed by atoms with E-state index in [2.05, 4.69) is 0 Å². The van der Waals surface area contributed by atoms with Gasteiger partial charge in [-0.25, -0.2) is 0 Å². The molecule has 0 aromatic heterocycles. The van der Waals surface area contributed by atoms with Crippen LogP contribution in [0.5, 0.6) is 0 Å². The quantitative estimate of drug-likeness (QED) is 0.860. The maximum atomic E-state index is 12.5. The van der Waals surface area contributed by atoms with Crippen molar-refractivity contribution in [1.82, 2.24) is 9.80 Å². The van der Waals surface area contributed by atoms with Gasteiger partial charge in [0, 0.05) is 19.6 Å². The van der Waals surface area contributed by atoms with Crippen LogP contribution in [-0.4, -0.2) is 67.6 Å². The topological polar surface area (TPSA) is 75.9 Å². The monoisotopic (exact) mass is 325 g/mol. The molecule has 0 saturated carbocycles. The second kappa shape index (κ2) is 7.58. The minimum Gasteiger partial charge on any atom is -0.373 e. The third-order valence-electron chi connectivity index (χ3n) is 3.47. The molecule has 1 atom stereocenters. The number of primary amides is 1. The molecule has 0 radical (unpaired) electrons. The molecule has 1 saturated heterocycles.